The summed E-state index contributed by atoms with van der Waals surface area (Å²) in [5.41, 5.74) is 2.25. The van der Waals surface area contributed by atoms with Crippen molar-refractivity contribution in [2.75, 3.05) is 0 Å². The van der Waals surface area contributed by atoms with Gasteiger partial charge >= 0.3 is 6.36 Å². The molecule has 35 heavy (non-hydrogen) atoms. The molecule has 0 bridgehead atoms. The number of hydrogen-bond donors (Lipinski definition) is 1. The highest BCUT2D eigenvalue weighted by atomic mass is 19.4. The zero-order valence-corrected chi connectivity index (χ0v) is 18.0. The first-order valence-electron chi connectivity index (χ1n) is 10.5. The quantitative estimate of drug-likeness (QED) is 0.232. The van der Waals surface area contributed by atoms with Gasteiger partial charge in [-0.05, 0) is 24.3 Å². The molecule has 2 heterocycles. The van der Waals surface area contributed by atoms with Gasteiger partial charge in [0.05, 0.1) is 5.56 Å². The lowest BCUT2D eigenvalue weighted by Crippen LogP contribution is -2.33. The fourth-order valence-corrected chi connectivity index (χ4v) is 3.87. The van der Waals surface area contributed by atoms with Gasteiger partial charge in [0.1, 0.15) is 34.2 Å². The number of hydrogen-bond acceptors (Lipinski definition) is 2. The van der Waals surface area contributed by atoms with Crippen molar-refractivity contribution >= 4 is 11.0 Å². The fraction of sp³-hybridized carbons (Fsp3) is 0.0769. The molecule has 9 heteroatoms. The molecule has 0 unspecified atom stereocenters. The molecular weight excluding hydrogens is 465 g/mol. The van der Waals surface area contributed by atoms with Crippen molar-refractivity contribution in [1.82, 2.24) is 9.97 Å². The van der Waals surface area contributed by atoms with Crippen LogP contribution in [0.1, 0.15) is 5.56 Å². The van der Waals surface area contributed by atoms with Crippen LogP contribution in [0.4, 0.5) is 22.0 Å². The molecule has 0 aliphatic rings. The Morgan fingerprint density at radius 3 is 2.31 bits per heavy atom. The molecular formula is C26H17F5N3O+. The number of imidazole rings is 1. The van der Waals surface area contributed by atoms with Gasteiger partial charge in [-0.25, -0.2) is 13.8 Å². The number of ether oxygens (including phenoxy) is 1. The zero-order chi connectivity index (χ0) is 24.6. The van der Waals surface area contributed by atoms with E-state index in [1.54, 1.807) is 47.3 Å². The number of benzene rings is 3. The molecule has 4 nitrogen and oxygen atoms in total. The Balaban J connectivity index is 1.41. The summed E-state index contributed by atoms with van der Waals surface area (Å²) in [5.74, 6) is -1.15. The van der Waals surface area contributed by atoms with Crippen LogP contribution in [0.3, 0.4) is 0 Å². The number of aromatic nitrogens is 3. The van der Waals surface area contributed by atoms with Crippen LogP contribution in [0.15, 0.2) is 85.2 Å². The first-order chi connectivity index (χ1) is 16.8. The van der Waals surface area contributed by atoms with E-state index < -0.39 is 23.7 Å². The topological polar surface area (TPSA) is 41.8 Å². The van der Waals surface area contributed by atoms with Crippen LogP contribution < -0.4 is 9.30 Å². The second kappa shape index (κ2) is 8.83. The second-order valence-electron chi connectivity index (χ2n) is 7.84. The maximum absolute atomic E-state index is 14.9. The maximum Gasteiger partial charge on any atom is 0.573 e. The summed E-state index contributed by atoms with van der Waals surface area (Å²) in [6.45, 7) is 0.294. The van der Waals surface area contributed by atoms with E-state index in [4.69, 9.17) is 0 Å². The molecule has 3 aromatic carbocycles. The number of halogens is 5. The van der Waals surface area contributed by atoms with Gasteiger partial charge in [-0.1, -0.05) is 42.5 Å². The number of para-hydroxylation sites is 1. The van der Waals surface area contributed by atoms with Crippen LogP contribution in [0, 0.1) is 11.6 Å². The Hall–Kier alpha value is -4.27. The number of alkyl halides is 3. The molecule has 0 spiro atoms. The Labute approximate surface area is 196 Å². The summed E-state index contributed by atoms with van der Waals surface area (Å²) < 4.78 is 73.1. The molecule has 0 saturated heterocycles. The molecule has 5 aromatic rings. The van der Waals surface area contributed by atoms with E-state index in [2.05, 4.69) is 14.7 Å². The highest BCUT2D eigenvalue weighted by Gasteiger charge is 2.32. The molecule has 0 aliphatic heterocycles. The third kappa shape index (κ3) is 4.84. The fourth-order valence-electron chi connectivity index (χ4n) is 3.87. The van der Waals surface area contributed by atoms with Crippen molar-refractivity contribution < 1.29 is 31.3 Å². The standard InChI is InChI=1S/C26H16F5N3O/c27-20-7-3-1-6-19(20)25-32-22-11-12-34(15-23(22)33-25)14-16-9-10-17(21(28)13-16)18-5-2-4-8-24(18)35-26(29,30)31/h1-13,15H,14H2/p+1. The normalized spacial score (nSPS) is 11.7. The molecule has 1 N–H and O–H groups in total. The average Bonchev–Trinajstić information content (AvgIpc) is 3.22. The van der Waals surface area contributed by atoms with Crippen LogP contribution in [-0.2, 0) is 6.54 Å². The van der Waals surface area contributed by atoms with Crippen molar-refractivity contribution in [3.05, 3.63) is 102 Å². The van der Waals surface area contributed by atoms with Crippen molar-refractivity contribution in [3.63, 3.8) is 0 Å². The summed E-state index contributed by atoms with van der Waals surface area (Å²) >= 11 is 0. The smallest absolute Gasteiger partial charge is 0.405 e. The van der Waals surface area contributed by atoms with Crippen molar-refractivity contribution in [3.8, 4) is 28.3 Å². The first-order valence-corrected chi connectivity index (χ1v) is 10.5. The van der Waals surface area contributed by atoms with E-state index in [-0.39, 0.29) is 11.1 Å². The predicted octanol–water partition coefficient (Wildman–Crippen LogP) is 6.41. The van der Waals surface area contributed by atoms with Crippen molar-refractivity contribution in [2.45, 2.75) is 12.9 Å². The van der Waals surface area contributed by atoms with E-state index in [0.29, 0.717) is 34.5 Å². The number of nitrogens with zero attached hydrogens (tertiary/aromatic N) is 2. The molecule has 0 fully saturated rings. The Kier molecular flexibility index (Phi) is 5.68. The molecule has 2 aromatic heterocycles. The van der Waals surface area contributed by atoms with Crippen LogP contribution in [0.25, 0.3) is 33.5 Å². The lowest BCUT2D eigenvalue weighted by atomic mass is 10.0. The van der Waals surface area contributed by atoms with Gasteiger partial charge in [0.15, 0.2) is 18.9 Å². The summed E-state index contributed by atoms with van der Waals surface area (Å²) in [6.07, 6.45) is -1.36. The number of nitrogens with one attached hydrogen (secondary N) is 1. The molecule has 176 valence electrons. The third-order valence-corrected chi connectivity index (χ3v) is 5.41. The second-order valence-corrected chi connectivity index (χ2v) is 7.84. The third-order valence-electron chi connectivity index (χ3n) is 5.41. The number of rotatable bonds is 5. The van der Waals surface area contributed by atoms with Gasteiger partial charge < -0.3 is 9.72 Å². The average molecular weight is 482 g/mol. The van der Waals surface area contributed by atoms with Crippen LogP contribution in [0.2, 0.25) is 0 Å². The first kappa shape index (κ1) is 22.5. The van der Waals surface area contributed by atoms with Gasteiger partial charge in [-0.15, -0.1) is 13.2 Å². The Morgan fingerprint density at radius 2 is 1.57 bits per heavy atom. The molecule has 0 atom stereocenters. The van der Waals surface area contributed by atoms with E-state index in [1.165, 1.54) is 36.4 Å². The minimum absolute atomic E-state index is 0.00100. The van der Waals surface area contributed by atoms with Crippen molar-refractivity contribution in [2.24, 2.45) is 0 Å². The Morgan fingerprint density at radius 1 is 0.829 bits per heavy atom. The van der Waals surface area contributed by atoms with Crippen molar-refractivity contribution in [1.29, 1.82) is 0 Å². The molecule has 5 rings (SSSR count). The molecule has 0 aliphatic carbocycles. The van der Waals surface area contributed by atoms with Gasteiger partial charge in [-0.3, -0.25) is 0 Å². The number of fused-ring (bicyclic) bond motifs is 1. The molecule has 0 saturated carbocycles. The highest BCUT2D eigenvalue weighted by molar-refractivity contribution is 5.77. The van der Waals surface area contributed by atoms with E-state index in [9.17, 15) is 22.0 Å². The van der Waals surface area contributed by atoms with Gasteiger partial charge in [0, 0.05) is 22.8 Å². The number of pyridine rings is 1. The molecule has 0 radical (unpaired) electrons. The predicted molar refractivity (Wildman–Crippen MR) is 119 cm³/mol. The SMILES string of the molecule is Fc1ccccc1-c1nc2cc[n+](Cc3ccc(-c4ccccc4OC(F)(F)F)c(F)c3)cc2[nH]1. The maximum atomic E-state index is 14.9. The lowest BCUT2D eigenvalue weighted by molar-refractivity contribution is -0.687. The molecule has 0 amide bonds. The van der Waals surface area contributed by atoms with Gasteiger partial charge in [0.25, 0.3) is 0 Å². The summed E-state index contributed by atoms with van der Waals surface area (Å²) in [5, 5.41) is 0. The Bertz CT molecular complexity index is 1530. The number of H-pyrrole nitrogens is 1. The summed E-state index contributed by atoms with van der Waals surface area (Å²) in [6, 6.07) is 17.8. The van der Waals surface area contributed by atoms with Crippen LogP contribution in [0.5, 0.6) is 5.75 Å². The van der Waals surface area contributed by atoms with Crippen LogP contribution in [-0.4, -0.2) is 16.3 Å². The summed E-state index contributed by atoms with van der Waals surface area (Å²) in [4.78, 5) is 7.52. The summed E-state index contributed by atoms with van der Waals surface area (Å²) in [7, 11) is 0. The lowest BCUT2D eigenvalue weighted by Gasteiger charge is -2.14. The monoisotopic (exact) mass is 482 g/mol. The van der Waals surface area contributed by atoms with E-state index >= 15 is 0 Å². The largest absolute Gasteiger partial charge is 0.573 e. The minimum atomic E-state index is -4.89. The van der Waals surface area contributed by atoms with E-state index in [0.717, 1.165) is 6.07 Å². The highest BCUT2D eigenvalue weighted by Crippen LogP contribution is 2.35. The van der Waals surface area contributed by atoms with E-state index in [1.807, 2.05) is 0 Å². The van der Waals surface area contributed by atoms with Gasteiger partial charge in [0.2, 0.25) is 0 Å². The zero-order valence-electron chi connectivity index (χ0n) is 18.0. The number of aromatic amines is 1. The van der Waals surface area contributed by atoms with Gasteiger partial charge in [-0.2, -0.15) is 4.57 Å². The van der Waals surface area contributed by atoms with Crippen LogP contribution >= 0.6 is 0 Å². The minimum Gasteiger partial charge on any atom is -0.405 e.